The molecule has 0 unspecified atom stereocenters. The van der Waals surface area contributed by atoms with Gasteiger partial charge in [0.2, 0.25) is 5.91 Å². The lowest BCUT2D eigenvalue weighted by molar-refractivity contribution is -0.124. The van der Waals surface area contributed by atoms with Crippen molar-refractivity contribution in [2.24, 2.45) is 17.6 Å². The topological polar surface area (TPSA) is 120 Å². The normalized spacial score (nSPS) is 29.5. The largest absolute Gasteiger partial charge is 0.482 e. The van der Waals surface area contributed by atoms with Crippen molar-refractivity contribution < 1.29 is 18.7 Å². The number of alkyl halides is 1. The number of hydrogen-bond acceptors (Lipinski definition) is 6. The minimum Gasteiger partial charge on any atom is -0.482 e. The number of hydrogen-bond donors (Lipinski definition) is 2. The van der Waals surface area contributed by atoms with Crippen molar-refractivity contribution in [3.05, 3.63) is 47.3 Å². The second kappa shape index (κ2) is 10.8. The van der Waals surface area contributed by atoms with Crippen molar-refractivity contribution >= 4 is 28.5 Å². The van der Waals surface area contributed by atoms with Gasteiger partial charge in [0.1, 0.15) is 22.7 Å². The molecule has 3 N–H and O–H groups in total. The number of nitrogens with one attached hydrogen (secondary N) is 1. The van der Waals surface area contributed by atoms with Gasteiger partial charge in [0.25, 0.3) is 5.91 Å². The molecule has 2 aliphatic carbocycles. The van der Waals surface area contributed by atoms with Crippen molar-refractivity contribution in [3.63, 3.8) is 0 Å². The number of nitrogens with zero attached hydrogens (tertiary/aromatic N) is 5. The van der Waals surface area contributed by atoms with E-state index in [1.54, 1.807) is 7.11 Å². The Morgan fingerprint density at radius 1 is 1.15 bits per heavy atom. The first-order valence-electron chi connectivity index (χ1n) is 16.8. The van der Waals surface area contributed by atoms with E-state index in [2.05, 4.69) is 16.0 Å². The standard InChI is InChI=1S/C35H42FN7O3/c1-19-27-10-8-22-14-28(41(32(22)39-27)12-6-4-5-11-35(36)17-25(35)33(44)38-19)31-20(2)43-29(40-31)15-23(16-30(43)46-3)34(45)42-18-26(37)21-7-9-24(42)13-21/h8,10,14-16,19,21,24-26H,4-7,9,11-13,17-18,37H2,1-3H3,(H,38,44)/t19-,21-,24+,25+,26+,35+/m1/s1. The molecule has 4 aliphatic rings. The Kier molecular flexibility index (Phi) is 6.90. The lowest BCUT2D eigenvalue weighted by Crippen LogP contribution is -2.51. The van der Waals surface area contributed by atoms with E-state index in [9.17, 15) is 9.59 Å². The van der Waals surface area contributed by atoms with E-state index in [0.717, 1.165) is 72.3 Å². The summed E-state index contributed by atoms with van der Waals surface area (Å²) in [5, 5.41) is 3.98. The molecule has 1 saturated heterocycles. The Bertz CT molecular complexity index is 1880. The number of piperidine rings is 1. The first-order valence-corrected chi connectivity index (χ1v) is 16.8. The van der Waals surface area contributed by atoms with Gasteiger partial charge in [-0.25, -0.2) is 14.4 Å². The number of pyridine rings is 2. The van der Waals surface area contributed by atoms with E-state index in [-0.39, 0.29) is 29.9 Å². The number of carbonyl (C=O) groups excluding carboxylic acids is 2. The van der Waals surface area contributed by atoms with Gasteiger partial charge in [-0.15, -0.1) is 0 Å². The third-order valence-corrected chi connectivity index (χ3v) is 11.1. The van der Waals surface area contributed by atoms with E-state index >= 15 is 4.39 Å². The summed E-state index contributed by atoms with van der Waals surface area (Å²) < 4.78 is 25.2. The Labute approximate surface area is 267 Å². The second-order valence-corrected chi connectivity index (χ2v) is 14.0. The molecular formula is C35H42FN7O3. The fourth-order valence-corrected chi connectivity index (χ4v) is 8.34. The van der Waals surface area contributed by atoms with Crippen LogP contribution in [0.4, 0.5) is 4.39 Å². The van der Waals surface area contributed by atoms with Gasteiger partial charge in [0.05, 0.1) is 36.2 Å². The molecule has 0 radical (unpaired) electrons. The molecule has 46 heavy (non-hydrogen) atoms. The second-order valence-electron chi connectivity index (χ2n) is 14.0. The van der Waals surface area contributed by atoms with Gasteiger partial charge in [-0.05, 0) is 82.6 Å². The highest BCUT2D eigenvalue weighted by molar-refractivity contribution is 5.96. The van der Waals surface area contributed by atoms with Gasteiger partial charge in [0.15, 0.2) is 5.88 Å². The smallest absolute Gasteiger partial charge is 0.254 e. The van der Waals surface area contributed by atoms with Crippen LogP contribution >= 0.6 is 0 Å². The number of halogens is 1. The maximum absolute atomic E-state index is 15.2. The first-order chi connectivity index (χ1) is 22.1. The highest BCUT2D eigenvalue weighted by Gasteiger charge is 2.59. The number of amides is 2. The molecule has 4 aromatic heterocycles. The van der Waals surface area contributed by atoms with Crippen LogP contribution in [-0.2, 0) is 11.3 Å². The van der Waals surface area contributed by atoms with E-state index in [4.69, 9.17) is 20.4 Å². The van der Waals surface area contributed by atoms with Crippen LogP contribution in [0.15, 0.2) is 30.3 Å². The Hall–Kier alpha value is -3.99. The molecule has 10 nitrogen and oxygen atoms in total. The number of aromatic nitrogens is 4. The van der Waals surface area contributed by atoms with Crippen LogP contribution in [0.3, 0.4) is 0 Å². The predicted molar refractivity (Wildman–Crippen MR) is 172 cm³/mol. The summed E-state index contributed by atoms with van der Waals surface area (Å²) in [5.74, 6) is 0.230. The summed E-state index contributed by atoms with van der Waals surface area (Å²) in [6, 6.07) is 9.63. The average Bonchev–Trinajstić information content (AvgIpc) is 3.32. The first kappa shape index (κ1) is 29.4. The van der Waals surface area contributed by atoms with E-state index < -0.39 is 11.6 Å². The molecule has 242 valence electrons. The van der Waals surface area contributed by atoms with Crippen molar-refractivity contribution in [1.82, 2.24) is 29.2 Å². The SMILES string of the molecule is COc1cc(C(=O)N2C[C@H](N)[C@@H]3CC[C@H]2C3)cc2nc(-c3cc4ccc5nc4n3CCCCC[C@]3(F)C[C@H]3C(=O)N[C@@H]5C)c(C)n12. The molecule has 2 amide bonds. The zero-order chi connectivity index (χ0) is 31.9. The monoisotopic (exact) mass is 627 g/mol. The molecule has 8 rings (SSSR count). The van der Waals surface area contributed by atoms with Crippen LogP contribution in [0.2, 0.25) is 0 Å². The van der Waals surface area contributed by atoms with Gasteiger partial charge in [0, 0.05) is 42.2 Å². The number of methoxy groups -OCH3 is 1. The van der Waals surface area contributed by atoms with Gasteiger partial charge in [-0.3, -0.25) is 14.0 Å². The Balaban J connectivity index is 1.19. The molecule has 0 aromatic carbocycles. The van der Waals surface area contributed by atoms with Crippen LogP contribution in [0.1, 0.15) is 86.1 Å². The summed E-state index contributed by atoms with van der Waals surface area (Å²) >= 11 is 0. The van der Waals surface area contributed by atoms with Crippen molar-refractivity contribution in [1.29, 1.82) is 0 Å². The molecular weight excluding hydrogens is 585 g/mol. The third-order valence-electron chi connectivity index (χ3n) is 11.1. The minimum absolute atomic E-state index is 0.00967. The molecule has 4 bridgehead atoms. The number of fused-ring (bicyclic) bond motifs is 5. The molecule has 0 spiro atoms. The van der Waals surface area contributed by atoms with Crippen molar-refractivity contribution in [2.45, 2.75) is 95.6 Å². The number of nitrogens with two attached hydrogens (primary N) is 1. The lowest BCUT2D eigenvalue weighted by Gasteiger charge is -2.37. The van der Waals surface area contributed by atoms with Crippen LogP contribution in [0, 0.1) is 18.8 Å². The van der Waals surface area contributed by atoms with E-state index in [0.29, 0.717) is 48.9 Å². The quantitative estimate of drug-likeness (QED) is 0.326. The van der Waals surface area contributed by atoms with Crippen molar-refractivity contribution in [2.75, 3.05) is 13.7 Å². The fraction of sp³-hybridized carbons (Fsp3) is 0.543. The molecule has 6 atom stereocenters. The van der Waals surface area contributed by atoms with Crippen molar-refractivity contribution in [3.8, 4) is 17.3 Å². The highest BCUT2D eigenvalue weighted by atomic mass is 19.1. The molecule has 11 heteroatoms. The Morgan fingerprint density at radius 2 is 2.00 bits per heavy atom. The number of likely N-dealkylation sites (tertiary alicyclic amines) is 1. The number of imidazole rings is 1. The van der Waals surface area contributed by atoms with Gasteiger partial charge in [-0.2, -0.15) is 0 Å². The van der Waals surface area contributed by atoms with Gasteiger partial charge < -0.3 is 25.3 Å². The summed E-state index contributed by atoms with van der Waals surface area (Å²) in [4.78, 5) is 38.8. The number of rotatable bonds is 3. The summed E-state index contributed by atoms with van der Waals surface area (Å²) in [6.45, 7) is 5.18. The molecule has 6 heterocycles. The Morgan fingerprint density at radius 3 is 2.83 bits per heavy atom. The van der Waals surface area contributed by atoms with Crippen LogP contribution in [0.25, 0.3) is 28.1 Å². The highest BCUT2D eigenvalue weighted by Crippen LogP contribution is 2.51. The minimum atomic E-state index is -1.39. The van der Waals surface area contributed by atoms with E-state index in [1.807, 2.05) is 47.4 Å². The van der Waals surface area contributed by atoms with E-state index in [1.165, 1.54) is 0 Å². The summed E-state index contributed by atoms with van der Waals surface area (Å²) in [5.41, 5.74) is 10.4. The van der Waals surface area contributed by atoms with Gasteiger partial charge >= 0.3 is 0 Å². The third kappa shape index (κ3) is 4.68. The maximum Gasteiger partial charge on any atom is 0.254 e. The van der Waals surface area contributed by atoms with Crippen LogP contribution in [0.5, 0.6) is 5.88 Å². The molecule has 3 fully saturated rings. The molecule has 2 saturated carbocycles. The summed E-state index contributed by atoms with van der Waals surface area (Å²) in [6.07, 6.45) is 6.19. The zero-order valence-electron chi connectivity index (χ0n) is 26.8. The number of ether oxygens (including phenoxy) is 1. The van der Waals surface area contributed by atoms with Crippen LogP contribution in [-0.4, -0.2) is 67.1 Å². The zero-order valence-corrected chi connectivity index (χ0v) is 26.8. The number of aryl methyl sites for hydroxylation is 2. The maximum atomic E-state index is 15.2. The lowest BCUT2D eigenvalue weighted by atomic mass is 9.94. The predicted octanol–water partition coefficient (Wildman–Crippen LogP) is 5.10. The van der Waals surface area contributed by atoms with Gasteiger partial charge in [-0.1, -0.05) is 12.8 Å². The fourth-order valence-electron chi connectivity index (χ4n) is 8.34. The van der Waals surface area contributed by atoms with Crippen LogP contribution < -0.4 is 15.8 Å². The summed E-state index contributed by atoms with van der Waals surface area (Å²) in [7, 11) is 1.61. The molecule has 2 aliphatic heterocycles. The molecule has 4 aromatic rings. The average molecular weight is 628 g/mol. The number of carbonyl (C=O) groups is 2.